The summed E-state index contributed by atoms with van der Waals surface area (Å²) in [5.41, 5.74) is 9.28. The van der Waals surface area contributed by atoms with Gasteiger partial charge in [0.05, 0.1) is 0 Å². The summed E-state index contributed by atoms with van der Waals surface area (Å²) in [5, 5.41) is 3.84. The summed E-state index contributed by atoms with van der Waals surface area (Å²) >= 11 is 6.01. The number of nitrogens with two attached hydrogens (primary N) is 1. The first-order chi connectivity index (χ1) is 10.6. The molecule has 3 nitrogen and oxygen atoms in total. The highest BCUT2D eigenvalue weighted by Crippen LogP contribution is 2.32. The van der Waals surface area contributed by atoms with Gasteiger partial charge in [-0.1, -0.05) is 41.9 Å². The summed E-state index contributed by atoms with van der Waals surface area (Å²) in [6.07, 6.45) is 3.02. The summed E-state index contributed by atoms with van der Waals surface area (Å²) in [5.74, 6) is 0.343. The largest absolute Gasteiger partial charge is 0.399 e. The number of nitrogens with one attached hydrogen (secondary N) is 1. The van der Waals surface area contributed by atoms with E-state index in [1.807, 2.05) is 24.3 Å². The second kappa shape index (κ2) is 6.24. The maximum absolute atomic E-state index is 12.0. The maximum atomic E-state index is 12.0. The van der Waals surface area contributed by atoms with Crippen molar-refractivity contribution in [2.24, 2.45) is 0 Å². The van der Waals surface area contributed by atoms with Crippen LogP contribution in [0, 0.1) is 0 Å². The minimum absolute atomic E-state index is 0.137. The predicted molar refractivity (Wildman–Crippen MR) is 91.0 cm³/mol. The molecule has 22 heavy (non-hydrogen) atoms. The fourth-order valence-corrected chi connectivity index (χ4v) is 3.05. The third-order valence-corrected chi connectivity index (χ3v) is 3.96. The van der Waals surface area contributed by atoms with Crippen molar-refractivity contribution < 1.29 is 4.79 Å². The number of ketones is 1. The Morgan fingerprint density at radius 2 is 1.86 bits per heavy atom. The molecule has 0 fully saturated rings. The second-order valence-corrected chi connectivity index (χ2v) is 5.99. The van der Waals surface area contributed by atoms with Crippen molar-refractivity contribution in [2.75, 3.05) is 11.1 Å². The van der Waals surface area contributed by atoms with E-state index < -0.39 is 0 Å². The molecule has 0 aliphatic heterocycles. The number of benzene rings is 2. The molecule has 2 aromatic carbocycles. The lowest BCUT2D eigenvalue weighted by molar-refractivity contribution is -0.115. The van der Waals surface area contributed by atoms with E-state index in [0.29, 0.717) is 17.1 Å². The molecule has 0 saturated carbocycles. The van der Waals surface area contributed by atoms with Gasteiger partial charge in [0.1, 0.15) is 0 Å². The van der Waals surface area contributed by atoms with Crippen LogP contribution in [0.4, 0.5) is 11.4 Å². The number of halogens is 1. The van der Waals surface area contributed by atoms with Gasteiger partial charge in [-0.2, -0.15) is 0 Å². The summed E-state index contributed by atoms with van der Waals surface area (Å²) in [6.45, 7) is 0. The third kappa shape index (κ3) is 3.49. The molecular formula is C18H17ClN2O. The SMILES string of the molecule is Nc1cc(Cl)cc(NC2=CC(=O)C[C@H](c3ccccc3)C2)c1. The van der Waals surface area contributed by atoms with Gasteiger partial charge >= 0.3 is 0 Å². The van der Waals surface area contributed by atoms with E-state index >= 15 is 0 Å². The normalized spacial score (nSPS) is 18.0. The van der Waals surface area contributed by atoms with Crippen LogP contribution >= 0.6 is 11.6 Å². The van der Waals surface area contributed by atoms with E-state index in [1.54, 1.807) is 18.2 Å². The highest BCUT2D eigenvalue weighted by atomic mass is 35.5. The van der Waals surface area contributed by atoms with Crippen molar-refractivity contribution in [3.05, 3.63) is 70.9 Å². The molecule has 3 N–H and O–H groups in total. The van der Waals surface area contributed by atoms with Crippen molar-refractivity contribution in [1.29, 1.82) is 0 Å². The van der Waals surface area contributed by atoms with Crippen LogP contribution in [0.25, 0.3) is 0 Å². The predicted octanol–water partition coefficient (Wildman–Crippen LogP) is 4.36. The number of nitrogen functional groups attached to an aromatic ring is 1. The highest BCUT2D eigenvalue weighted by Gasteiger charge is 2.22. The molecule has 4 heteroatoms. The van der Waals surface area contributed by atoms with Gasteiger partial charge < -0.3 is 11.1 Å². The van der Waals surface area contributed by atoms with Gasteiger partial charge in [0.15, 0.2) is 5.78 Å². The van der Waals surface area contributed by atoms with E-state index in [-0.39, 0.29) is 11.7 Å². The summed E-state index contributed by atoms with van der Waals surface area (Å²) < 4.78 is 0. The van der Waals surface area contributed by atoms with Crippen LogP contribution in [0.5, 0.6) is 0 Å². The van der Waals surface area contributed by atoms with Crippen LogP contribution in [0.3, 0.4) is 0 Å². The van der Waals surface area contributed by atoms with Crippen LogP contribution in [-0.2, 0) is 4.79 Å². The average Bonchev–Trinajstić information content (AvgIpc) is 2.46. The number of rotatable bonds is 3. The average molecular weight is 313 g/mol. The van der Waals surface area contributed by atoms with Crippen LogP contribution in [-0.4, -0.2) is 5.78 Å². The first kappa shape index (κ1) is 14.7. The number of carbonyl (C=O) groups is 1. The molecule has 1 aliphatic rings. The fourth-order valence-electron chi connectivity index (χ4n) is 2.81. The Kier molecular flexibility index (Phi) is 4.16. The van der Waals surface area contributed by atoms with Gasteiger partial charge in [-0.05, 0) is 36.1 Å². The number of allylic oxidation sites excluding steroid dienone is 2. The fraction of sp³-hybridized carbons (Fsp3) is 0.167. The minimum atomic E-state index is 0.137. The van der Waals surface area contributed by atoms with E-state index in [4.69, 9.17) is 17.3 Å². The van der Waals surface area contributed by atoms with Crippen molar-refractivity contribution in [3.8, 4) is 0 Å². The molecule has 1 atom stereocenters. The van der Waals surface area contributed by atoms with E-state index in [0.717, 1.165) is 17.8 Å². The van der Waals surface area contributed by atoms with E-state index in [2.05, 4.69) is 17.4 Å². The maximum Gasteiger partial charge on any atom is 0.158 e. The summed E-state index contributed by atoms with van der Waals surface area (Å²) in [7, 11) is 0. The Hall–Kier alpha value is -2.26. The number of hydrogen-bond acceptors (Lipinski definition) is 3. The van der Waals surface area contributed by atoms with Gasteiger partial charge in [-0.15, -0.1) is 0 Å². The number of anilines is 2. The molecule has 112 valence electrons. The molecule has 0 heterocycles. The molecule has 3 rings (SSSR count). The molecule has 0 saturated heterocycles. The van der Waals surface area contributed by atoms with Crippen molar-refractivity contribution >= 4 is 28.8 Å². The molecule has 0 radical (unpaired) electrons. The zero-order valence-electron chi connectivity index (χ0n) is 12.1. The topological polar surface area (TPSA) is 55.1 Å². The molecule has 1 aliphatic carbocycles. The first-order valence-electron chi connectivity index (χ1n) is 7.21. The minimum Gasteiger partial charge on any atom is -0.399 e. The van der Waals surface area contributed by atoms with E-state index in [9.17, 15) is 4.79 Å². The monoisotopic (exact) mass is 312 g/mol. The van der Waals surface area contributed by atoms with Gasteiger partial charge in [-0.25, -0.2) is 0 Å². The quantitative estimate of drug-likeness (QED) is 0.828. The van der Waals surface area contributed by atoms with Crippen molar-refractivity contribution in [2.45, 2.75) is 18.8 Å². The summed E-state index contributed by atoms with van der Waals surface area (Å²) in [4.78, 5) is 12.0. The smallest absolute Gasteiger partial charge is 0.158 e. The third-order valence-electron chi connectivity index (χ3n) is 3.75. The Bertz CT molecular complexity index is 705. The molecule has 0 aromatic heterocycles. The molecule has 0 bridgehead atoms. The van der Waals surface area contributed by atoms with E-state index in [1.165, 1.54) is 5.56 Å². The Balaban J connectivity index is 1.80. The van der Waals surface area contributed by atoms with Crippen LogP contribution in [0.2, 0.25) is 5.02 Å². The molecule has 0 spiro atoms. The lowest BCUT2D eigenvalue weighted by atomic mass is 9.85. The lowest BCUT2D eigenvalue weighted by Gasteiger charge is -2.23. The molecule has 0 unspecified atom stereocenters. The molecular weight excluding hydrogens is 296 g/mol. The Morgan fingerprint density at radius 1 is 1.09 bits per heavy atom. The van der Waals surface area contributed by atoms with Crippen LogP contribution in [0.1, 0.15) is 24.3 Å². The number of hydrogen-bond donors (Lipinski definition) is 2. The molecule has 0 amide bonds. The lowest BCUT2D eigenvalue weighted by Crippen LogP contribution is -2.16. The van der Waals surface area contributed by atoms with Gasteiger partial charge in [0, 0.05) is 34.6 Å². The van der Waals surface area contributed by atoms with Crippen molar-refractivity contribution in [1.82, 2.24) is 0 Å². The van der Waals surface area contributed by atoms with Crippen LogP contribution in [0.15, 0.2) is 60.3 Å². The zero-order valence-corrected chi connectivity index (χ0v) is 12.8. The Labute approximate surface area is 134 Å². The first-order valence-corrected chi connectivity index (χ1v) is 7.59. The second-order valence-electron chi connectivity index (χ2n) is 5.55. The molecule has 2 aromatic rings. The summed E-state index contributed by atoms with van der Waals surface area (Å²) in [6, 6.07) is 15.4. The zero-order chi connectivity index (χ0) is 15.5. The van der Waals surface area contributed by atoms with Crippen LogP contribution < -0.4 is 11.1 Å². The van der Waals surface area contributed by atoms with Gasteiger partial charge in [0.25, 0.3) is 0 Å². The van der Waals surface area contributed by atoms with Crippen molar-refractivity contribution in [3.63, 3.8) is 0 Å². The Morgan fingerprint density at radius 3 is 2.59 bits per heavy atom. The van der Waals surface area contributed by atoms with Gasteiger partial charge in [0.2, 0.25) is 0 Å². The highest BCUT2D eigenvalue weighted by molar-refractivity contribution is 6.31. The van der Waals surface area contributed by atoms with Gasteiger partial charge in [-0.3, -0.25) is 4.79 Å². The number of carbonyl (C=O) groups excluding carboxylic acids is 1. The standard InChI is InChI=1S/C18H17ClN2O/c19-14-8-15(20)10-17(9-14)21-16-6-13(7-18(22)11-16)12-4-2-1-3-5-12/h1-5,8-11,13,21H,6-7,20H2/t13-/m1/s1.